The maximum Gasteiger partial charge on any atom is 0.433 e. The SMILES string of the molecule is O=[N+]([O-])c1ccc(Cn2cc(CCO)nn2)o1. The molecule has 17 heavy (non-hydrogen) atoms. The van der Waals surface area contributed by atoms with Crippen molar-refractivity contribution in [1.82, 2.24) is 15.0 Å². The van der Waals surface area contributed by atoms with Crippen molar-refractivity contribution in [2.24, 2.45) is 0 Å². The Balaban J connectivity index is 2.05. The number of nitro groups is 1. The molecule has 2 rings (SSSR count). The second-order valence-corrected chi connectivity index (χ2v) is 3.38. The van der Waals surface area contributed by atoms with E-state index in [2.05, 4.69) is 10.3 Å². The molecule has 1 N–H and O–H groups in total. The van der Waals surface area contributed by atoms with Gasteiger partial charge in [0, 0.05) is 19.2 Å². The van der Waals surface area contributed by atoms with Crippen molar-refractivity contribution in [1.29, 1.82) is 0 Å². The van der Waals surface area contributed by atoms with E-state index >= 15 is 0 Å². The number of furan rings is 1. The van der Waals surface area contributed by atoms with E-state index in [0.29, 0.717) is 17.9 Å². The summed E-state index contributed by atoms with van der Waals surface area (Å²) in [7, 11) is 0. The minimum absolute atomic E-state index is 0.00488. The van der Waals surface area contributed by atoms with E-state index in [1.807, 2.05) is 0 Å². The Kier molecular flexibility index (Phi) is 3.15. The highest BCUT2D eigenvalue weighted by molar-refractivity contribution is 5.17. The quantitative estimate of drug-likeness (QED) is 0.595. The molecule has 0 amide bonds. The number of nitrogens with zero attached hydrogens (tertiary/aromatic N) is 4. The second-order valence-electron chi connectivity index (χ2n) is 3.38. The van der Waals surface area contributed by atoms with Crippen molar-refractivity contribution < 1.29 is 14.4 Å². The van der Waals surface area contributed by atoms with Gasteiger partial charge in [0.05, 0.1) is 11.8 Å². The third kappa shape index (κ3) is 2.67. The van der Waals surface area contributed by atoms with Gasteiger partial charge in [0.1, 0.15) is 17.2 Å². The predicted octanol–water partition coefficient (Wildman–Crippen LogP) is 0.362. The van der Waals surface area contributed by atoms with Crippen LogP contribution in [0.1, 0.15) is 11.5 Å². The highest BCUT2D eigenvalue weighted by atomic mass is 16.6. The van der Waals surface area contributed by atoms with Crippen molar-refractivity contribution in [2.45, 2.75) is 13.0 Å². The summed E-state index contributed by atoms with van der Waals surface area (Å²) in [6, 6.07) is 2.81. The fourth-order valence-corrected chi connectivity index (χ4v) is 1.35. The van der Waals surface area contributed by atoms with Crippen LogP contribution in [0.3, 0.4) is 0 Å². The van der Waals surface area contributed by atoms with E-state index in [0.717, 1.165) is 0 Å². The smallest absolute Gasteiger partial charge is 0.404 e. The van der Waals surface area contributed by atoms with Crippen molar-refractivity contribution in [3.05, 3.63) is 39.9 Å². The van der Waals surface area contributed by atoms with Gasteiger partial charge >= 0.3 is 5.88 Å². The molecule has 0 aliphatic carbocycles. The number of aliphatic hydroxyl groups excluding tert-OH is 1. The molecule has 0 bridgehead atoms. The van der Waals surface area contributed by atoms with Crippen LogP contribution in [0.4, 0.5) is 5.88 Å². The van der Waals surface area contributed by atoms with E-state index in [4.69, 9.17) is 9.52 Å². The summed E-state index contributed by atoms with van der Waals surface area (Å²) in [4.78, 5) is 9.81. The molecule has 0 atom stereocenters. The van der Waals surface area contributed by atoms with E-state index in [9.17, 15) is 10.1 Å². The van der Waals surface area contributed by atoms with Crippen molar-refractivity contribution >= 4 is 5.88 Å². The van der Waals surface area contributed by atoms with Crippen LogP contribution >= 0.6 is 0 Å². The van der Waals surface area contributed by atoms with Gasteiger partial charge in [0.25, 0.3) is 0 Å². The van der Waals surface area contributed by atoms with Crippen LogP contribution in [0.5, 0.6) is 0 Å². The summed E-state index contributed by atoms with van der Waals surface area (Å²) in [6.07, 6.45) is 2.09. The Bertz CT molecular complexity index is 519. The summed E-state index contributed by atoms with van der Waals surface area (Å²) in [5, 5.41) is 26.7. The Labute approximate surface area is 95.6 Å². The van der Waals surface area contributed by atoms with Gasteiger partial charge in [-0.15, -0.1) is 5.10 Å². The van der Waals surface area contributed by atoms with Crippen LogP contribution in [0.2, 0.25) is 0 Å². The van der Waals surface area contributed by atoms with Crippen LogP contribution in [-0.4, -0.2) is 31.6 Å². The second kappa shape index (κ2) is 4.74. The van der Waals surface area contributed by atoms with Crippen LogP contribution < -0.4 is 0 Å². The van der Waals surface area contributed by atoms with Gasteiger partial charge < -0.3 is 9.52 Å². The zero-order chi connectivity index (χ0) is 12.3. The van der Waals surface area contributed by atoms with Crippen molar-refractivity contribution in [3.8, 4) is 0 Å². The molecule has 8 heteroatoms. The van der Waals surface area contributed by atoms with Gasteiger partial charge in [-0.2, -0.15) is 0 Å². The molecule has 90 valence electrons. The molecular weight excluding hydrogens is 228 g/mol. The number of aromatic nitrogens is 3. The Hall–Kier alpha value is -2.22. The predicted molar refractivity (Wildman–Crippen MR) is 55.3 cm³/mol. The average Bonchev–Trinajstić information content (AvgIpc) is 2.89. The maximum atomic E-state index is 10.4. The topological polar surface area (TPSA) is 107 Å². The largest absolute Gasteiger partial charge is 0.433 e. The molecular formula is C9H10N4O4. The third-order valence-corrected chi connectivity index (χ3v) is 2.10. The lowest BCUT2D eigenvalue weighted by atomic mass is 10.3. The van der Waals surface area contributed by atoms with E-state index < -0.39 is 4.92 Å². The molecule has 0 aliphatic heterocycles. The van der Waals surface area contributed by atoms with Crippen LogP contribution in [0, 0.1) is 10.1 Å². The first kappa shape index (κ1) is 11.3. The summed E-state index contributed by atoms with van der Waals surface area (Å²) in [5.41, 5.74) is 0.661. The van der Waals surface area contributed by atoms with Crippen LogP contribution in [0.15, 0.2) is 22.7 Å². The highest BCUT2D eigenvalue weighted by Crippen LogP contribution is 2.16. The molecule has 2 aromatic rings. The molecule has 0 aliphatic rings. The minimum atomic E-state index is -0.595. The van der Waals surface area contributed by atoms with Gasteiger partial charge in [-0.1, -0.05) is 5.21 Å². The first-order valence-corrected chi connectivity index (χ1v) is 4.92. The zero-order valence-electron chi connectivity index (χ0n) is 8.81. The normalized spacial score (nSPS) is 10.6. The van der Waals surface area contributed by atoms with Gasteiger partial charge in [-0.3, -0.25) is 10.1 Å². The van der Waals surface area contributed by atoms with E-state index in [-0.39, 0.29) is 19.0 Å². The summed E-state index contributed by atoms with van der Waals surface area (Å²) < 4.78 is 6.47. The number of rotatable bonds is 5. The molecule has 0 radical (unpaired) electrons. The fraction of sp³-hybridized carbons (Fsp3) is 0.333. The Morgan fingerprint density at radius 3 is 3.00 bits per heavy atom. The van der Waals surface area contributed by atoms with Gasteiger partial charge in [0.2, 0.25) is 0 Å². The van der Waals surface area contributed by atoms with Gasteiger partial charge in [0.15, 0.2) is 0 Å². The molecule has 0 unspecified atom stereocenters. The molecule has 0 fully saturated rings. The lowest BCUT2D eigenvalue weighted by molar-refractivity contribution is -0.402. The standard InChI is InChI=1S/C9H10N4O4/c14-4-3-7-5-12(11-10-7)6-8-1-2-9(17-8)13(15)16/h1-2,5,14H,3-4,6H2. The summed E-state index contributed by atoms with van der Waals surface area (Å²) in [6.45, 7) is 0.275. The molecule has 0 spiro atoms. The number of hydrogen-bond acceptors (Lipinski definition) is 6. The Morgan fingerprint density at radius 2 is 2.35 bits per heavy atom. The molecule has 0 aromatic carbocycles. The van der Waals surface area contributed by atoms with Crippen LogP contribution in [0.25, 0.3) is 0 Å². The first-order chi connectivity index (χ1) is 8.19. The lowest BCUT2D eigenvalue weighted by Gasteiger charge is -1.94. The summed E-state index contributed by atoms with van der Waals surface area (Å²) in [5.74, 6) is 0.132. The van der Waals surface area contributed by atoms with Crippen LogP contribution in [-0.2, 0) is 13.0 Å². The fourth-order valence-electron chi connectivity index (χ4n) is 1.35. The van der Waals surface area contributed by atoms with Gasteiger partial charge in [-0.05, 0) is 6.07 Å². The minimum Gasteiger partial charge on any atom is -0.404 e. The Morgan fingerprint density at radius 1 is 1.53 bits per heavy atom. The molecule has 0 saturated heterocycles. The highest BCUT2D eigenvalue weighted by Gasteiger charge is 2.12. The lowest BCUT2D eigenvalue weighted by Crippen LogP contribution is -1.99. The zero-order valence-corrected chi connectivity index (χ0v) is 8.81. The van der Waals surface area contributed by atoms with Crippen molar-refractivity contribution in [3.63, 3.8) is 0 Å². The molecule has 2 heterocycles. The molecule has 0 saturated carbocycles. The molecule has 8 nitrogen and oxygen atoms in total. The van der Waals surface area contributed by atoms with E-state index in [1.54, 1.807) is 6.20 Å². The monoisotopic (exact) mass is 238 g/mol. The third-order valence-electron chi connectivity index (χ3n) is 2.10. The first-order valence-electron chi connectivity index (χ1n) is 4.92. The summed E-state index contributed by atoms with van der Waals surface area (Å²) >= 11 is 0. The molecule has 2 aromatic heterocycles. The van der Waals surface area contributed by atoms with Gasteiger partial charge in [-0.25, -0.2) is 4.68 Å². The number of hydrogen-bond donors (Lipinski definition) is 1. The van der Waals surface area contributed by atoms with Crippen molar-refractivity contribution in [2.75, 3.05) is 6.61 Å². The van der Waals surface area contributed by atoms with E-state index in [1.165, 1.54) is 16.8 Å². The number of aliphatic hydroxyl groups is 1. The average molecular weight is 238 g/mol. The maximum absolute atomic E-state index is 10.4.